The topological polar surface area (TPSA) is 18.5 Å². The lowest BCUT2D eigenvalue weighted by molar-refractivity contribution is 0.252. The molecule has 0 aromatic heterocycles. The molecule has 78 valence electrons. The Kier molecular flexibility index (Phi) is 4.16. The van der Waals surface area contributed by atoms with Gasteiger partial charge in [-0.3, -0.25) is 0 Å². The molecule has 0 aromatic carbocycles. The average molecular weight is 185 g/mol. The van der Waals surface area contributed by atoms with Crippen LogP contribution in [0.5, 0.6) is 0 Å². The van der Waals surface area contributed by atoms with Crippen LogP contribution in [-0.4, -0.2) is 63.2 Å². The SMILES string of the molecule is CNCCN1CC(C)C(N(C)C)C1. The number of hydrogen-bond acceptors (Lipinski definition) is 3. The zero-order valence-corrected chi connectivity index (χ0v) is 9.38. The molecule has 0 amide bonds. The van der Waals surface area contributed by atoms with E-state index >= 15 is 0 Å². The fourth-order valence-corrected chi connectivity index (χ4v) is 2.17. The van der Waals surface area contributed by atoms with Crippen molar-refractivity contribution >= 4 is 0 Å². The van der Waals surface area contributed by atoms with E-state index in [0.717, 1.165) is 18.5 Å². The van der Waals surface area contributed by atoms with Gasteiger partial charge in [0, 0.05) is 32.2 Å². The molecule has 1 saturated heterocycles. The second kappa shape index (κ2) is 4.94. The smallest absolute Gasteiger partial charge is 0.0254 e. The van der Waals surface area contributed by atoms with E-state index in [2.05, 4.69) is 36.1 Å². The van der Waals surface area contributed by atoms with E-state index in [4.69, 9.17) is 0 Å². The Morgan fingerprint density at radius 1 is 1.38 bits per heavy atom. The summed E-state index contributed by atoms with van der Waals surface area (Å²) < 4.78 is 0. The highest BCUT2D eigenvalue weighted by Gasteiger charge is 2.30. The van der Waals surface area contributed by atoms with Crippen LogP contribution in [0.15, 0.2) is 0 Å². The highest BCUT2D eigenvalue weighted by Crippen LogP contribution is 2.18. The molecule has 1 fully saturated rings. The third kappa shape index (κ3) is 2.93. The van der Waals surface area contributed by atoms with Crippen molar-refractivity contribution in [2.24, 2.45) is 5.92 Å². The molecule has 1 aliphatic rings. The standard InChI is InChI=1S/C10H23N3/c1-9-7-13(6-5-11-2)8-10(9)12(3)4/h9-11H,5-8H2,1-4H3. The Morgan fingerprint density at radius 2 is 2.08 bits per heavy atom. The molecule has 1 rings (SSSR count). The van der Waals surface area contributed by atoms with Crippen LogP contribution >= 0.6 is 0 Å². The van der Waals surface area contributed by atoms with Crippen molar-refractivity contribution in [1.82, 2.24) is 15.1 Å². The first-order chi connectivity index (χ1) is 6.15. The Bertz CT molecular complexity index is 147. The summed E-state index contributed by atoms with van der Waals surface area (Å²) in [5.74, 6) is 0.812. The van der Waals surface area contributed by atoms with Crippen molar-refractivity contribution in [3.05, 3.63) is 0 Å². The second-order valence-corrected chi connectivity index (χ2v) is 4.37. The molecule has 0 spiro atoms. The van der Waals surface area contributed by atoms with Gasteiger partial charge in [0.2, 0.25) is 0 Å². The average Bonchev–Trinajstić information content (AvgIpc) is 2.43. The van der Waals surface area contributed by atoms with E-state index in [-0.39, 0.29) is 0 Å². The lowest BCUT2D eigenvalue weighted by Gasteiger charge is -2.22. The predicted octanol–water partition coefficient (Wildman–Crippen LogP) is 0.0877. The molecular formula is C10H23N3. The van der Waals surface area contributed by atoms with Gasteiger partial charge in [0.15, 0.2) is 0 Å². The van der Waals surface area contributed by atoms with Crippen molar-refractivity contribution in [1.29, 1.82) is 0 Å². The van der Waals surface area contributed by atoms with E-state index in [1.165, 1.54) is 19.6 Å². The summed E-state index contributed by atoms with van der Waals surface area (Å²) in [6.45, 7) is 7.13. The summed E-state index contributed by atoms with van der Waals surface area (Å²) in [5.41, 5.74) is 0. The molecule has 2 atom stereocenters. The number of likely N-dealkylation sites (tertiary alicyclic amines) is 1. The summed E-state index contributed by atoms with van der Waals surface area (Å²) in [4.78, 5) is 4.90. The van der Waals surface area contributed by atoms with Crippen molar-refractivity contribution < 1.29 is 0 Å². The van der Waals surface area contributed by atoms with Crippen LogP contribution in [0.25, 0.3) is 0 Å². The molecule has 0 bridgehead atoms. The van der Waals surface area contributed by atoms with Crippen molar-refractivity contribution in [2.75, 3.05) is 47.3 Å². The third-order valence-electron chi connectivity index (χ3n) is 2.99. The Hall–Kier alpha value is -0.120. The monoisotopic (exact) mass is 185 g/mol. The van der Waals surface area contributed by atoms with Crippen molar-refractivity contribution in [2.45, 2.75) is 13.0 Å². The summed E-state index contributed by atoms with van der Waals surface area (Å²) in [5, 5.41) is 3.20. The first-order valence-corrected chi connectivity index (χ1v) is 5.18. The highest BCUT2D eigenvalue weighted by molar-refractivity contribution is 4.86. The molecule has 0 aromatic rings. The minimum atomic E-state index is 0.747. The van der Waals surface area contributed by atoms with Gasteiger partial charge in [0.25, 0.3) is 0 Å². The molecule has 1 aliphatic heterocycles. The number of rotatable bonds is 4. The number of nitrogens with zero attached hydrogens (tertiary/aromatic N) is 2. The van der Waals surface area contributed by atoms with E-state index in [1.807, 2.05) is 7.05 Å². The van der Waals surface area contributed by atoms with Crippen molar-refractivity contribution in [3.8, 4) is 0 Å². The van der Waals surface area contributed by atoms with Gasteiger partial charge in [-0.2, -0.15) is 0 Å². The molecular weight excluding hydrogens is 162 g/mol. The minimum Gasteiger partial charge on any atom is -0.318 e. The van der Waals surface area contributed by atoms with Gasteiger partial charge in [-0.05, 0) is 27.1 Å². The van der Waals surface area contributed by atoms with Gasteiger partial charge in [-0.1, -0.05) is 6.92 Å². The highest BCUT2D eigenvalue weighted by atomic mass is 15.2. The predicted molar refractivity (Wildman–Crippen MR) is 57.0 cm³/mol. The summed E-state index contributed by atoms with van der Waals surface area (Å²) >= 11 is 0. The summed E-state index contributed by atoms with van der Waals surface area (Å²) in [6, 6.07) is 0.747. The Labute approximate surface area is 82.1 Å². The Balaban J connectivity index is 2.32. The molecule has 1 N–H and O–H groups in total. The van der Waals surface area contributed by atoms with E-state index in [9.17, 15) is 0 Å². The van der Waals surface area contributed by atoms with E-state index in [1.54, 1.807) is 0 Å². The van der Waals surface area contributed by atoms with Gasteiger partial charge in [0.1, 0.15) is 0 Å². The van der Waals surface area contributed by atoms with Crippen molar-refractivity contribution in [3.63, 3.8) is 0 Å². The number of hydrogen-bond donors (Lipinski definition) is 1. The van der Waals surface area contributed by atoms with Gasteiger partial charge >= 0.3 is 0 Å². The molecule has 2 unspecified atom stereocenters. The largest absolute Gasteiger partial charge is 0.318 e. The van der Waals surface area contributed by atoms with E-state index in [0.29, 0.717) is 0 Å². The molecule has 3 heteroatoms. The second-order valence-electron chi connectivity index (χ2n) is 4.37. The fourth-order valence-electron chi connectivity index (χ4n) is 2.17. The van der Waals surface area contributed by atoms with Crippen LogP contribution in [-0.2, 0) is 0 Å². The fraction of sp³-hybridized carbons (Fsp3) is 1.00. The van der Waals surface area contributed by atoms with Crippen LogP contribution < -0.4 is 5.32 Å². The Morgan fingerprint density at radius 3 is 2.54 bits per heavy atom. The van der Waals surface area contributed by atoms with Gasteiger partial charge in [-0.25, -0.2) is 0 Å². The molecule has 13 heavy (non-hydrogen) atoms. The van der Waals surface area contributed by atoms with Gasteiger partial charge < -0.3 is 15.1 Å². The zero-order chi connectivity index (χ0) is 9.84. The van der Waals surface area contributed by atoms with Crippen LogP contribution in [0.1, 0.15) is 6.92 Å². The normalized spacial score (nSPS) is 30.2. The minimum absolute atomic E-state index is 0.747. The maximum Gasteiger partial charge on any atom is 0.0254 e. The summed E-state index contributed by atoms with van der Waals surface area (Å²) in [6.07, 6.45) is 0. The molecule has 0 aliphatic carbocycles. The lowest BCUT2D eigenvalue weighted by atomic mass is 10.1. The van der Waals surface area contributed by atoms with Gasteiger partial charge in [0.05, 0.1) is 0 Å². The molecule has 0 saturated carbocycles. The van der Waals surface area contributed by atoms with Crippen LogP contribution in [0, 0.1) is 5.92 Å². The molecule has 1 heterocycles. The number of likely N-dealkylation sites (N-methyl/N-ethyl adjacent to an activating group) is 2. The quantitative estimate of drug-likeness (QED) is 0.669. The maximum atomic E-state index is 3.20. The summed E-state index contributed by atoms with van der Waals surface area (Å²) in [7, 11) is 6.38. The molecule has 0 radical (unpaired) electrons. The molecule has 3 nitrogen and oxygen atoms in total. The zero-order valence-electron chi connectivity index (χ0n) is 9.38. The van der Waals surface area contributed by atoms with E-state index < -0.39 is 0 Å². The van der Waals surface area contributed by atoms with Crippen LogP contribution in [0.2, 0.25) is 0 Å². The van der Waals surface area contributed by atoms with Crippen LogP contribution in [0.4, 0.5) is 0 Å². The van der Waals surface area contributed by atoms with Crippen LogP contribution in [0.3, 0.4) is 0 Å². The maximum absolute atomic E-state index is 3.20. The first-order valence-electron chi connectivity index (χ1n) is 5.18. The third-order valence-corrected chi connectivity index (χ3v) is 2.99. The number of nitrogens with one attached hydrogen (secondary N) is 1. The lowest BCUT2D eigenvalue weighted by Crippen LogP contribution is -2.35. The van der Waals surface area contributed by atoms with Gasteiger partial charge in [-0.15, -0.1) is 0 Å². The first kappa shape index (κ1) is 11.0.